The van der Waals surface area contributed by atoms with Crippen LogP contribution in [0.5, 0.6) is 0 Å². The Hall–Kier alpha value is -2.68. The number of carbonyl (C=O) groups is 1. The van der Waals surface area contributed by atoms with Crippen LogP contribution in [0, 0.1) is 0 Å². The van der Waals surface area contributed by atoms with Gasteiger partial charge in [0.1, 0.15) is 4.90 Å². The van der Waals surface area contributed by atoms with E-state index in [-0.39, 0.29) is 10.8 Å². The predicted molar refractivity (Wildman–Crippen MR) is 128 cm³/mol. The average Bonchev–Trinajstić information content (AvgIpc) is 3.36. The lowest BCUT2D eigenvalue weighted by molar-refractivity contribution is -0.115. The van der Waals surface area contributed by atoms with Crippen LogP contribution in [0.15, 0.2) is 82.8 Å². The van der Waals surface area contributed by atoms with E-state index in [2.05, 4.69) is 10.3 Å². The van der Waals surface area contributed by atoms with Crippen molar-refractivity contribution in [2.75, 3.05) is 18.4 Å². The monoisotopic (exact) mass is 467 g/mol. The van der Waals surface area contributed by atoms with Gasteiger partial charge in [-0.3, -0.25) is 4.79 Å². The lowest BCUT2D eigenvalue weighted by Gasteiger charge is -2.16. The normalized spacial score (nSPS) is 15.4. The number of rotatable bonds is 7. The number of benzene rings is 2. The van der Waals surface area contributed by atoms with E-state index in [1.807, 2.05) is 61.5 Å². The van der Waals surface area contributed by atoms with Gasteiger partial charge in [0.05, 0.1) is 10.3 Å². The number of amides is 1. The maximum atomic E-state index is 12.8. The first kappa shape index (κ1) is 22.5. The number of nitrogens with zero attached hydrogens (tertiary/aromatic N) is 2. The number of nitrogens with one attached hydrogen (secondary N) is 1. The molecule has 1 atom stereocenters. The number of aromatic nitrogens is 1. The highest BCUT2D eigenvalue weighted by atomic mass is 32.2. The first-order valence-electron chi connectivity index (χ1n) is 10.5. The van der Waals surface area contributed by atoms with E-state index in [0.29, 0.717) is 18.1 Å². The summed E-state index contributed by atoms with van der Waals surface area (Å²) in [4.78, 5) is 17.3. The fraction of sp³-hybridized carbons (Fsp3) is 0.250. The predicted octanol–water partition coefficient (Wildman–Crippen LogP) is 4.65. The van der Waals surface area contributed by atoms with E-state index in [9.17, 15) is 13.2 Å². The zero-order chi connectivity index (χ0) is 22.6. The first-order chi connectivity index (χ1) is 15.4. The molecule has 1 amide bonds. The van der Waals surface area contributed by atoms with Gasteiger partial charge in [-0.25, -0.2) is 13.4 Å². The molecule has 3 aromatic rings. The Morgan fingerprint density at radius 3 is 2.38 bits per heavy atom. The van der Waals surface area contributed by atoms with E-state index in [1.165, 1.54) is 22.3 Å². The highest BCUT2D eigenvalue weighted by Crippen LogP contribution is 2.29. The highest BCUT2D eigenvalue weighted by molar-refractivity contribution is 8.00. The van der Waals surface area contributed by atoms with Crippen LogP contribution in [0.2, 0.25) is 0 Å². The van der Waals surface area contributed by atoms with E-state index in [4.69, 9.17) is 0 Å². The van der Waals surface area contributed by atoms with Crippen LogP contribution in [0.4, 0.5) is 5.69 Å². The second kappa shape index (κ2) is 9.85. The Morgan fingerprint density at radius 2 is 1.69 bits per heavy atom. The van der Waals surface area contributed by atoms with Gasteiger partial charge in [-0.05, 0) is 43.5 Å². The van der Waals surface area contributed by atoms with Crippen LogP contribution in [0.3, 0.4) is 0 Å². The van der Waals surface area contributed by atoms with Crippen molar-refractivity contribution in [2.45, 2.75) is 34.9 Å². The van der Waals surface area contributed by atoms with Crippen molar-refractivity contribution >= 4 is 33.4 Å². The third kappa shape index (κ3) is 5.03. The summed E-state index contributed by atoms with van der Waals surface area (Å²) in [6, 6.07) is 20.8. The summed E-state index contributed by atoms with van der Waals surface area (Å²) in [7, 11) is -3.49. The summed E-state index contributed by atoms with van der Waals surface area (Å²) in [6.45, 7) is 2.92. The molecule has 1 aliphatic rings. The van der Waals surface area contributed by atoms with Gasteiger partial charge >= 0.3 is 0 Å². The van der Waals surface area contributed by atoms with Crippen LogP contribution in [0.25, 0.3) is 11.1 Å². The van der Waals surface area contributed by atoms with Gasteiger partial charge < -0.3 is 5.32 Å². The molecule has 0 spiro atoms. The molecule has 1 aromatic heterocycles. The van der Waals surface area contributed by atoms with Gasteiger partial charge in [0, 0.05) is 30.5 Å². The molecular formula is C24H25N3O3S2. The minimum atomic E-state index is -3.49. The van der Waals surface area contributed by atoms with Crippen LogP contribution in [-0.4, -0.2) is 42.0 Å². The van der Waals surface area contributed by atoms with Gasteiger partial charge in [0.2, 0.25) is 15.9 Å². The fourth-order valence-electron chi connectivity index (χ4n) is 3.60. The molecule has 6 nitrogen and oxygen atoms in total. The van der Waals surface area contributed by atoms with Crippen molar-refractivity contribution in [2.24, 2.45) is 0 Å². The lowest BCUT2D eigenvalue weighted by Crippen LogP contribution is -2.28. The second-order valence-electron chi connectivity index (χ2n) is 7.60. The molecule has 0 saturated carbocycles. The van der Waals surface area contributed by atoms with E-state index in [0.717, 1.165) is 29.7 Å². The molecule has 2 aromatic carbocycles. The summed E-state index contributed by atoms with van der Waals surface area (Å²) >= 11 is 1.29. The van der Waals surface area contributed by atoms with Crippen molar-refractivity contribution in [3.63, 3.8) is 0 Å². The molecule has 166 valence electrons. The molecule has 0 radical (unpaired) electrons. The number of hydrogen-bond donors (Lipinski definition) is 1. The number of anilines is 1. The Morgan fingerprint density at radius 1 is 1.00 bits per heavy atom. The van der Waals surface area contributed by atoms with Crippen LogP contribution >= 0.6 is 11.8 Å². The van der Waals surface area contributed by atoms with Gasteiger partial charge in [-0.15, -0.1) is 0 Å². The third-order valence-electron chi connectivity index (χ3n) is 5.35. The topological polar surface area (TPSA) is 79.4 Å². The number of hydrogen-bond acceptors (Lipinski definition) is 5. The molecule has 4 rings (SSSR count). The average molecular weight is 468 g/mol. The largest absolute Gasteiger partial charge is 0.325 e. The van der Waals surface area contributed by atoms with E-state index >= 15 is 0 Å². The molecule has 1 fully saturated rings. The molecule has 0 bridgehead atoms. The smallest absolute Gasteiger partial charge is 0.244 e. The zero-order valence-electron chi connectivity index (χ0n) is 17.8. The number of thioether (sulfide) groups is 1. The van der Waals surface area contributed by atoms with Gasteiger partial charge in [-0.2, -0.15) is 4.31 Å². The third-order valence-corrected chi connectivity index (χ3v) is 8.28. The second-order valence-corrected chi connectivity index (χ2v) is 10.9. The molecule has 1 aliphatic heterocycles. The van der Waals surface area contributed by atoms with Gasteiger partial charge in [-0.1, -0.05) is 60.3 Å². The number of sulfonamides is 1. The Bertz CT molecular complexity index is 1180. The molecule has 8 heteroatoms. The molecule has 1 saturated heterocycles. The SMILES string of the molecule is C[C@@H](Sc1ccc(S(=O)(=O)N2CCCC2)cn1)C(=O)Nc1ccccc1-c1ccccc1. The highest BCUT2D eigenvalue weighted by Gasteiger charge is 2.27. The lowest BCUT2D eigenvalue weighted by atomic mass is 10.0. The first-order valence-corrected chi connectivity index (χ1v) is 12.9. The summed E-state index contributed by atoms with van der Waals surface area (Å²) < 4.78 is 26.8. The molecule has 0 unspecified atom stereocenters. The fourth-order valence-corrected chi connectivity index (χ4v) is 5.85. The molecule has 32 heavy (non-hydrogen) atoms. The Balaban J connectivity index is 1.43. The Labute approximate surface area is 193 Å². The maximum absolute atomic E-state index is 12.8. The van der Waals surface area contributed by atoms with E-state index in [1.54, 1.807) is 12.1 Å². The van der Waals surface area contributed by atoms with Crippen molar-refractivity contribution < 1.29 is 13.2 Å². The number of carbonyl (C=O) groups excluding carboxylic acids is 1. The standard InChI is InChI=1S/C24H25N3O3S2/c1-18(24(28)26-22-12-6-5-11-21(22)19-9-3-2-4-10-19)31-23-14-13-20(17-25-23)32(29,30)27-15-7-8-16-27/h2-6,9-14,17-18H,7-8,15-16H2,1H3,(H,26,28)/t18-/m1/s1. The minimum Gasteiger partial charge on any atom is -0.325 e. The summed E-state index contributed by atoms with van der Waals surface area (Å²) in [5, 5.41) is 3.20. The molecular weight excluding hydrogens is 442 g/mol. The maximum Gasteiger partial charge on any atom is 0.244 e. The van der Waals surface area contributed by atoms with Gasteiger partial charge in [0.25, 0.3) is 0 Å². The van der Waals surface area contributed by atoms with Crippen LogP contribution in [-0.2, 0) is 14.8 Å². The summed E-state index contributed by atoms with van der Waals surface area (Å²) in [5.74, 6) is -0.144. The minimum absolute atomic E-state index is 0.144. The zero-order valence-corrected chi connectivity index (χ0v) is 19.4. The molecule has 1 N–H and O–H groups in total. The number of para-hydroxylation sites is 1. The Kier molecular flexibility index (Phi) is 6.93. The van der Waals surface area contributed by atoms with Crippen molar-refractivity contribution in [1.29, 1.82) is 0 Å². The van der Waals surface area contributed by atoms with Crippen molar-refractivity contribution in [3.05, 3.63) is 72.9 Å². The summed E-state index contributed by atoms with van der Waals surface area (Å²) in [6.07, 6.45) is 3.16. The quantitative estimate of drug-likeness (QED) is 0.512. The van der Waals surface area contributed by atoms with Crippen molar-refractivity contribution in [3.8, 4) is 11.1 Å². The van der Waals surface area contributed by atoms with Gasteiger partial charge in [0.15, 0.2) is 0 Å². The van der Waals surface area contributed by atoms with Crippen LogP contribution in [0.1, 0.15) is 19.8 Å². The molecule has 0 aliphatic carbocycles. The number of pyridine rings is 1. The van der Waals surface area contributed by atoms with Crippen LogP contribution < -0.4 is 5.32 Å². The van der Waals surface area contributed by atoms with Crippen molar-refractivity contribution in [1.82, 2.24) is 9.29 Å². The molecule has 2 heterocycles. The summed E-state index contributed by atoms with van der Waals surface area (Å²) in [5.41, 5.74) is 2.73. The van der Waals surface area contributed by atoms with E-state index < -0.39 is 15.3 Å².